The Morgan fingerprint density at radius 1 is 1.39 bits per heavy atom. The monoisotopic (exact) mass is 251 g/mol. The van der Waals surface area contributed by atoms with Crippen LogP contribution in [0.1, 0.15) is 26.3 Å². The van der Waals surface area contributed by atoms with Crippen molar-refractivity contribution >= 4 is 5.82 Å². The molecule has 0 saturated carbocycles. The van der Waals surface area contributed by atoms with E-state index in [1.54, 1.807) is 7.11 Å². The van der Waals surface area contributed by atoms with E-state index in [2.05, 4.69) is 42.0 Å². The van der Waals surface area contributed by atoms with Gasteiger partial charge >= 0.3 is 0 Å². The zero-order valence-corrected chi connectivity index (χ0v) is 11.9. The summed E-state index contributed by atoms with van der Waals surface area (Å²) in [5, 5.41) is 3.20. The van der Waals surface area contributed by atoms with Crippen LogP contribution < -0.4 is 5.32 Å². The number of pyridine rings is 1. The van der Waals surface area contributed by atoms with E-state index in [1.807, 2.05) is 12.3 Å². The minimum Gasteiger partial charge on any atom is -0.383 e. The lowest BCUT2D eigenvalue weighted by atomic mass is 10.2. The van der Waals surface area contributed by atoms with E-state index >= 15 is 0 Å². The number of nitrogens with zero attached hydrogens (tertiary/aromatic N) is 2. The van der Waals surface area contributed by atoms with Crippen LogP contribution in [0.4, 0.5) is 5.82 Å². The molecular formula is C14H25N3O. The van der Waals surface area contributed by atoms with Crippen molar-refractivity contribution in [3.8, 4) is 0 Å². The van der Waals surface area contributed by atoms with E-state index in [9.17, 15) is 0 Å². The quantitative estimate of drug-likeness (QED) is 0.769. The summed E-state index contributed by atoms with van der Waals surface area (Å²) in [6.07, 6.45) is 1.94. The normalized spacial score (nSPS) is 11.2. The highest BCUT2D eigenvalue weighted by Crippen LogP contribution is 2.10. The molecule has 0 unspecified atom stereocenters. The first-order chi connectivity index (χ1) is 8.67. The molecule has 1 aromatic heterocycles. The third-order valence-corrected chi connectivity index (χ3v) is 2.88. The zero-order chi connectivity index (χ0) is 13.4. The number of aromatic nitrogens is 1. The summed E-state index contributed by atoms with van der Waals surface area (Å²) in [7, 11) is 1.74. The van der Waals surface area contributed by atoms with E-state index in [-0.39, 0.29) is 0 Å². The van der Waals surface area contributed by atoms with Crippen molar-refractivity contribution in [3.05, 3.63) is 23.9 Å². The van der Waals surface area contributed by atoms with Gasteiger partial charge in [-0.15, -0.1) is 0 Å². The first-order valence-electron chi connectivity index (χ1n) is 6.59. The summed E-state index contributed by atoms with van der Waals surface area (Å²) in [6, 6.07) is 4.68. The summed E-state index contributed by atoms with van der Waals surface area (Å²) in [5.74, 6) is 0.939. The molecule has 0 radical (unpaired) electrons. The molecule has 0 saturated heterocycles. The van der Waals surface area contributed by atoms with Crippen LogP contribution in [0.3, 0.4) is 0 Å². The van der Waals surface area contributed by atoms with E-state index in [0.717, 1.165) is 32.1 Å². The van der Waals surface area contributed by atoms with Gasteiger partial charge in [-0.3, -0.25) is 4.90 Å². The molecule has 102 valence electrons. The molecule has 0 aromatic carbocycles. The Balaban J connectivity index is 2.57. The molecule has 1 aromatic rings. The second-order valence-electron chi connectivity index (χ2n) is 4.64. The van der Waals surface area contributed by atoms with E-state index < -0.39 is 0 Å². The average molecular weight is 251 g/mol. The van der Waals surface area contributed by atoms with Crippen molar-refractivity contribution in [2.24, 2.45) is 0 Å². The van der Waals surface area contributed by atoms with Crippen molar-refractivity contribution in [1.82, 2.24) is 9.88 Å². The summed E-state index contributed by atoms with van der Waals surface area (Å²) < 4.78 is 5.14. The second kappa shape index (κ2) is 8.06. The molecule has 1 N–H and O–H groups in total. The molecule has 0 bridgehead atoms. The fourth-order valence-electron chi connectivity index (χ4n) is 1.77. The van der Waals surface area contributed by atoms with Gasteiger partial charge < -0.3 is 10.1 Å². The zero-order valence-electron chi connectivity index (χ0n) is 11.9. The minimum atomic E-state index is 0.508. The molecule has 0 aliphatic carbocycles. The first kappa shape index (κ1) is 14.9. The van der Waals surface area contributed by atoms with Crippen molar-refractivity contribution in [1.29, 1.82) is 0 Å². The largest absolute Gasteiger partial charge is 0.383 e. The SMILES string of the molecule is CCNc1ccc(CN(CCOC)C(C)C)cn1. The number of hydrogen-bond acceptors (Lipinski definition) is 4. The summed E-state index contributed by atoms with van der Waals surface area (Å²) in [4.78, 5) is 6.77. The molecule has 0 aliphatic heterocycles. The van der Waals surface area contributed by atoms with Crippen LogP contribution in [0.15, 0.2) is 18.3 Å². The Kier molecular flexibility index (Phi) is 6.68. The van der Waals surface area contributed by atoms with Gasteiger partial charge in [0, 0.05) is 39.0 Å². The standard InChI is InChI=1S/C14H25N3O/c1-5-15-14-7-6-13(10-16-14)11-17(12(2)3)8-9-18-4/h6-7,10,12H,5,8-9,11H2,1-4H3,(H,15,16). The molecule has 1 heterocycles. The molecule has 0 spiro atoms. The van der Waals surface area contributed by atoms with Crippen molar-refractivity contribution in [2.75, 3.05) is 32.1 Å². The van der Waals surface area contributed by atoms with Crippen LogP contribution in [0.25, 0.3) is 0 Å². The molecule has 0 fully saturated rings. The summed E-state index contributed by atoms with van der Waals surface area (Å²) in [6.45, 7) is 10.0. The van der Waals surface area contributed by atoms with Gasteiger partial charge in [0.2, 0.25) is 0 Å². The van der Waals surface area contributed by atoms with Crippen LogP contribution in [-0.4, -0.2) is 42.7 Å². The minimum absolute atomic E-state index is 0.508. The van der Waals surface area contributed by atoms with Gasteiger partial charge in [0.25, 0.3) is 0 Å². The van der Waals surface area contributed by atoms with Crippen LogP contribution in [0, 0.1) is 0 Å². The highest BCUT2D eigenvalue weighted by atomic mass is 16.5. The van der Waals surface area contributed by atoms with Gasteiger partial charge in [0.05, 0.1) is 6.61 Å². The number of nitrogens with one attached hydrogen (secondary N) is 1. The van der Waals surface area contributed by atoms with Crippen molar-refractivity contribution < 1.29 is 4.74 Å². The maximum absolute atomic E-state index is 5.14. The molecule has 4 nitrogen and oxygen atoms in total. The van der Waals surface area contributed by atoms with Gasteiger partial charge in [0.1, 0.15) is 5.82 Å². The van der Waals surface area contributed by atoms with Gasteiger partial charge in [-0.25, -0.2) is 4.98 Å². The highest BCUT2D eigenvalue weighted by molar-refractivity contribution is 5.35. The molecule has 0 amide bonds. The molecule has 1 rings (SSSR count). The van der Waals surface area contributed by atoms with Crippen molar-refractivity contribution in [2.45, 2.75) is 33.4 Å². The predicted molar refractivity (Wildman–Crippen MR) is 75.8 cm³/mol. The fourth-order valence-corrected chi connectivity index (χ4v) is 1.77. The Labute approximate surface area is 110 Å². The number of hydrogen-bond donors (Lipinski definition) is 1. The summed E-state index contributed by atoms with van der Waals surface area (Å²) in [5.41, 5.74) is 1.24. The Morgan fingerprint density at radius 3 is 2.67 bits per heavy atom. The maximum atomic E-state index is 5.14. The van der Waals surface area contributed by atoms with Gasteiger partial charge in [0.15, 0.2) is 0 Å². The number of methoxy groups -OCH3 is 1. The highest BCUT2D eigenvalue weighted by Gasteiger charge is 2.09. The Hall–Kier alpha value is -1.13. The van der Waals surface area contributed by atoms with E-state index in [1.165, 1.54) is 5.56 Å². The van der Waals surface area contributed by atoms with Gasteiger partial charge in [-0.05, 0) is 32.4 Å². The van der Waals surface area contributed by atoms with Crippen LogP contribution >= 0.6 is 0 Å². The van der Waals surface area contributed by atoms with Crippen LogP contribution in [-0.2, 0) is 11.3 Å². The predicted octanol–water partition coefficient (Wildman–Crippen LogP) is 2.37. The Bertz CT molecular complexity index is 324. The number of anilines is 1. The Morgan fingerprint density at radius 2 is 2.17 bits per heavy atom. The van der Waals surface area contributed by atoms with Crippen molar-refractivity contribution in [3.63, 3.8) is 0 Å². The lowest BCUT2D eigenvalue weighted by Gasteiger charge is -2.26. The molecule has 0 atom stereocenters. The maximum Gasteiger partial charge on any atom is 0.125 e. The van der Waals surface area contributed by atoms with Crippen LogP contribution in [0.2, 0.25) is 0 Å². The topological polar surface area (TPSA) is 37.4 Å². The fraction of sp³-hybridized carbons (Fsp3) is 0.643. The lowest BCUT2D eigenvalue weighted by molar-refractivity contribution is 0.125. The van der Waals surface area contributed by atoms with Gasteiger partial charge in [-0.1, -0.05) is 6.07 Å². The third-order valence-electron chi connectivity index (χ3n) is 2.88. The molecule has 18 heavy (non-hydrogen) atoms. The lowest BCUT2D eigenvalue weighted by Crippen LogP contribution is -2.33. The van der Waals surface area contributed by atoms with Gasteiger partial charge in [-0.2, -0.15) is 0 Å². The number of ether oxygens (including phenoxy) is 1. The van der Waals surface area contributed by atoms with E-state index in [0.29, 0.717) is 6.04 Å². The average Bonchev–Trinajstić information content (AvgIpc) is 2.36. The molecule has 4 heteroatoms. The summed E-state index contributed by atoms with van der Waals surface area (Å²) >= 11 is 0. The van der Waals surface area contributed by atoms with E-state index in [4.69, 9.17) is 4.74 Å². The van der Waals surface area contributed by atoms with Crippen LogP contribution in [0.5, 0.6) is 0 Å². The second-order valence-corrected chi connectivity index (χ2v) is 4.64. The molecular weight excluding hydrogens is 226 g/mol. The molecule has 0 aliphatic rings. The smallest absolute Gasteiger partial charge is 0.125 e. The first-order valence-corrected chi connectivity index (χ1v) is 6.59. The number of rotatable bonds is 8. The third kappa shape index (κ3) is 5.02.